The Balaban J connectivity index is 2.58. The van der Waals surface area contributed by atoms with Gasteiger partial charge in [0.1, 0.15) is 5.82 Å². The lowest BCUT2D eigenvalue weighted by Gasteiger charge is -2.12. The predicted molar refractivity (Wildman–Crippen MR) is 63.9 cm³/mol. The fourth-order valence-electron chi connectivity index (χ4n) is 1.48. The number of aryl methyl sites for hydroxylation is 2. The van der Waals surface area contributed by atoms with Crippen molar-refractivity contribution in [2.75, 3.05) is 12.3 Å². The Labute approximate surface area is 96.6 Å². The van der Waals surface area contributed by atoms with E-state index in [1.165, 1.54) is 0 Å². The molecular weight excluding hydrogens is 226 g/mol. The molecule has 6 heteroatoms. The number of hydrogen-bond donors (Lipinski definition) is 1. The van der Waals surface area contributed by atoms with Gasteiger partial charge in [-0.05, 0) is 26.8 Å². The third-order valence-corrected chi connectivity index (χ3v) is 4.94. The first-order chi connectivity index (χ1) is 7.47. The van der Waals surface area contributed by atoms with Gasteiger partial charge in [0.2, 0.25) is 0 Å². The van der Waals surface area contributed by atoms with Crippen LogP contribution in [0, 0.1) is 6.92 Å². The second-order valence-electron chi connectivity index (χ2n) is 3.92. The van der Waals surface area contributed by atoms with Crippen molar-refractivity contribution < 1.29 is 8.42 Å². The highest BCUT2D eigenvalue weighted by Gasteiger charge is 2.19. The molecule has 0 saturated heterocycles. The topological polar surface area (TPSA) is 78.0 Å². The standard InChI is InChI=1S/C10H19N3O2S/c1-9(3-4-11)16(14,15)8-7-13-6-5-12-10(13)2/h5-6,9H,3-4,7-8,11H2,1-2H3. The van der Waals surface area contributed by atoms with Crippen molar-refractivity contribution in [2.24, 2.45) is 5.73 Å². The van der Waals surface area contributed by atoms with E-state index in [2.05, 4.69) is 4.98 Å². The van der Waals surface area contributed by atoms with Gasteiger partial charge < -0.3 is 10.3 Å². The summed E-state index contributed by atoms with van der Waals surface area (Å²) in [6, 6.07) is 0. The van der Waals surface area contributed by atoms with E-state index >= 15 is 0 Å². The number of sulfone groups is 1. The maximum atomic E-state index is 11.8. The van der Waals surface area contributed by atoms with Gasteiger partial charge in [-0.3, -0.25) is 0 Å². The van der Waals surface area contributed by atoms with Gasteiger partial charge in [-0.15, -0.1) is 0 Å². The van der Waals surface area contributed by atoms with Crippen LogP contribution in [0.2, 0.25) is 0 Å². The zero-order valence-electron chi connectivity index (χ0n) is 9.76. The Bertz CT molecular complexity index is 425. The third-order valence-electron chi connectivity index (χ3n) is 2.73. The molecule has 92 valence electrons. The number of imidazole rings is 1. The number of hydrogen-bond acceptors (Lipinski definition) is 4. The van der Waals surface area contributed by atoms with Crippen LogP contribution in [0.5, 0.6) is 0 Å². The van der Waals surface area contributed by atoms with Gasteiger partial charge in [0.05, 0.1) is 11.0 Å². The molecular formula is C10H19N3O2S. The first-order valence-corrected chi connectivity index (χ1v) is 7.08. The summed E-state index contributed by atoms with van der Waals surface area (Å²) in [5.74, 6) is 0.979. The minimum absolute atomic E-state index is 0.144. The number of rotatable bonds is 6. The molecule has 0 aliphatic carbocycles. The molecule has 16 heavy (non-hydrogen) atoms. The van der Waals surface area contributed by atoms with E-state index in [-0.39, 0.29) is 11.0 Å². The summed E-state index contributed by atoms with van der Waals surface area (Å²) in [5, 5.41) is -0.360. The zero-order valence-corrected chi connectivity index (χ0v) is 10.6. The van der Waals surface area contributed by atoms with Crippen LogP contribution < -0.4 is 5.73 Å². The molecule has 1 rings (SSSR count). The van der Waals surface area contributed by atoms with Gasteiger partial charge in [0.25, 0.3) is 0 Å². The van der Waals surface area contributed by atoms with Gasteiger partial charge in [-0.25, -0.2) is 13.4 Å². The summed E-state index contributed by atoms with van der Waals surface area (Å²) in [6.45, 7) is 4.44. The SMILES string of the molecule is Cc1nccn1CCS(=O)(=O)C(C)CCN. The second-order valence-corrected chi connectivity index (χ2v) is 6.46. The molecule has 0 aromatic carbocycles. The van der Waals surface area contributed by atoms with Crippen LogP contribution in [0.25, 0.3) is 0 Å². The lowest BCUT2D eigenvalue weighted by Crippen LogP contribution is -2.26. The largest absolute Gasteiger partial charge is 0.334 e. The van der Waals surface area contributed by atoms with Crippen molar-refractivity contribution >= 4 is 9.84 Å². The molecule has 0 radical (unpaired) electrons. The highest BCUT2D eigenvalue weighted by molar-refractivity contribution is 7.91. The van der Waals surface area contributed by atoms with Gasteiger partial charge in [0, 0.05) is 18.9 Å². The summed E-state index contributed by atoms with van der Waals surface area (Å²) in [7, 11) is -3.04. The van der Waals surface area contributed by atoms with Crippen LogP contribution in [0.4, 0.5) is 0 Å². The van der Waals surface area contributed by atoms with Crippen molar-refractivity contribution in [3.63, 3.8) is 0 Å². The number of nitrogens with two attached hydrogens (primary N) is 1. The maximum Gasteiger partial charge on any atom is 0.154 e. The summed E-state index contributed by atoms with van der Waals surface area (Å²) < 4.78 is 25.5. The maximum absolute atomic E-state index is 11.8. The normalized spacial score (nSPS) is 13.9. The lowest BCUT2D eigenvalue weighted by atomic mass is 10.3. The first-order valence-electron chi connectivity index (χ1n) is 5.36. The molecule has 0 fully saturated rings. The van der Waals surface area contributed by atoms with E-state index in [4.69, 9.17) is 5.73 Å². The van der Waals surface area contributed by atoms with Crippen molar-refractivity contribution in [3.8, 4) is 0 Å². The Hall–Kier alpha value is -0.880. The van der Waals surface area contributed by atoms with E-state index in [1.807, 2.05) is 11.5 Å². The third kappa shape index (κ3) is 3.31. The van der Waals surface area contributed by atoms with Gasteiger partial charge in [-0.2, -0.15) is 0 Å². The van der Waals surface area contributed by atoms with Crippen molar-refractivity contribution in [1.29, 1.82) is 0 Å². The van der Waals surface area contributed by atoms with Crippen molar-refractivity contribution in [1.82, 2.24) is 9.55 Å². The monoisotopic (exact) mass is 245 g/mol. The molecule has 5 nitrogen and oxygen atoms in total. The van der Waals surface area contributed by atoms with E-state index in [9.17, 15) is 8.42 Å². The predicted octanol–water partition coefficient (Wildman–Crippen LogP) is 0.344. The van der Waals surface area contributed by atoms with Gasteiger partial charge in [0.15, 0.2) is 9.84 Å². The highest BCUT2D eigenvalue weighted by atomic mass is 32.2. The molecule has 1 aromatic rings. The smallest absolute Gasteiger partial charge is 0.154 e. The van der Waals surface area contributed by atoms with Gasteiger partial charge in [-0.1, -0.05) is 0 Å². The lowest BCUT2D eigenvalue weighted by molar-refractivity contribution is 0.570. The summed E-state index contributed by atoms with van der Waals surface area (Å²) in [5.41, 5.74) is 5.36. The quantitative estimate of drug-likeness (QED) is 0.784. The molecule has 0 aliphatic heterocycles. The average Bonchev–Trinajstić information content (AvgIpc) is 2.61. The number of nitrogens with zero attached hydrogens (tertiary/aromatic N) is 2. The Morgan fingerprint density at radius 3 is 2.75 bits per heavy atom. The van der Waals surface area contributed by atoms with Crippen LogP contribution in [0.1, 0.15) is 19.2 Å². The van der Waals surface area contributed by atoms with Crippen LogP contribution in [0.3, 0.4) is 0 Å². The molecule has 1 aromatic heterocycles. The fraction of sp³-hybridized carbons (Fsp3) is 0.700. The molecule has 0 amide bonds. The van der Waals surface area contributed by atoms with Crippen LogP contribution in [0.15, 0.2) is 12.4 Å². The van der Waals surface area contributed by atoms with Crippen LogP contribution in [-0.4, -0.2) is 35.5 Å². The second kappa shape index (κ2) is 5.45. The van der Waals surface area contributed by atoms with E-state index in [0.29, 0.717) is 19.5 Å². The fourth-order valence-corrected chi connectivity index (χ4v) is 2.83. The molecule has 2 N–H and O–H groups in total. The Morgan fingerprint density at radius 2 is 2.25 bits per heavy atom. The van der Waals surface area contributed by atoms with E-state index in [0.717, 1.165) is 5.82 Å². The van der Waals surface area contributed by atoms with Gasteiger partial charge >= 0.3 is 0 Å². The van der Waals surface area contributed by atoms with Crippen LogP contribution in [-0.2, 0) is 16.4 Å². The summed E-state index contributed by atoms with van der Waals surface area (Å²) in [6.07, 6.45) is 3.98. The Morgan fingerprint density at radius 1 is 1.56 bits per heavy atom. The molecule has 1 atom stereocenters. The zero-order chi connectivity index (χ0) is 12.2. The molecule has 0 aliphatic rings. The molecule has 1 heterocycles. The molecule has 0 spiro atoms. The van der Waals surface area contributed by atoms with E-state index in [1.54, 1.807) is 19.3 Å². The van der Waals surface area contributed by atoms with Crippen molar-refractivity contribution in [2.45, 2.75) is 32.1 Å². The Kier molecular flexibility index (Phi) is 4.49. The molecule has 0 saturated carbocycles. The number of aromatic nitrogens is 2. The molecule has 1 unspecified atom stereocenters. The summed E-state index contributed by atoms with van der Waals surface area (Å²) in [4.78, 5) is 4.05. The summed E-state index contributed by atoms with van der Waals surface area (Å²) >= 11 is 0. The average molecular weight is 245 g/mol. The van der Waals surface area contributed by atoms with Crippen molar-refractivity contribution in [3.05, 3.63) is 18.2 Å². The van der Waals surface area contributed by atoms with Crippen LogP contribution >= 0.6 is 0 Å². The molecule has 0 bridgehead atoms. The van der Waals surface area contributed by atoms with E-state index < -0.39 is 9.84 Å². The minimum atomic E-state index is -3.04. The minimum Gasteiger partial charge on any atom is -0.334 e. The first kappa shape index (κ1) is 13.2. The highest BCUT2D eigenvalue weighted by Crippen LogP contribution is 2.07.